The van der Waals surface area contributed by atoms with E-state index in [0.717, 1.165) is 6.42 Å². The molecule has 4 N–H and O–H groups in total. The quantitative estimate of drug-likeness (QED) is 0.510. The summed E-state index contributed by atoms with van der Waals surface area (Å²) in [5.74, 6) is -0.486. The molecule has 2 unspecified atom stereocenters. The molecule has 0 fully saturated rings. The molecule has 0 radical (unpaired) electrons. The van der Waals surface area contributed by atoms with Gasteiger partial charge in [0, 0.05) is 18.2 Å². The molecule has 0 amide bonds. The molecule has 0 spiro atoms. The summed E-state index contributed by atoms with van der Waals surface area (Å²) >= 11 is 0. The van der Waals surface area contributed by atoms with E-state index in [1.54, 1.807) is 12.1 Å². The summed E-state index contributed by atoms with van der Waals surface area (Å²) in [6.45, 7) is 4.48. The van der Waals surface area contributed by atoms with E-state index in [1.807, 2.05) is 0 Å². The van der Waals surface area contributed by atoms with Crippen molar-refractivity contribution in [3.05, 3.63) is 71.3 Å². The fraction of sp³-hybridized carbons (Fsp3) is 0.273. The number of para-hydroxylation sites is 1. The van der Waals surface area contributed by atoms with Gasteiger partial charge in [-0.1, -0.05) is 48.5 Å². The van der Waals surface area contributed by atoms with Crippen LogP contribution in [0.25, 0.3) is 10.8 Å². The lowest BCUT2D eigenvalue weighted by Crippen LogP contribution is -2.32. The Balaban J connectivity index is 1.67. The van der Waals surface area contributed by atoms with Gasteiger partial charge in [-0.3, -0.25) is 0 Å². The van der Waals surface area contributed by atoms with E-state index in [9.17, 15) is 15.3 Å². The first-order valence-corrected chi connectivity index (χ1v) is 8.87. The minimum absolute atomic E-state index is 0.148. The SMILES string of the molecule is Cc1ccc(CC(C)NCC(O)c2cccc(O)c2O)c2ccccc12. The van der Waals surface area contributed by atoms with E-state index in [4.69, 9.17) is 0 Å². The summed E-state index contributed by atoms with van der Waals surface area (Å²) in [6.07, 6.45) is -0.0567. The molecule has 3 aromatic carbocycles. The van der Waals surface area contributed by atoms with Gasteiger partial charge in [-0.2, -0.15) is 0 Å². The average Bonchev–Trinajstić information content (AvgIpc) is 2.64. The Kier molecular flexibility index (Phi) is 5.45. The van der Waals surface area contributed by atoms with Crippen LogP contribution in [0.2, 0.25) is 0 Å². The van der Waals surface area contributed by atoms with Gasteiger partial charge in [0.25, 0.3) is 0 Å². The van der Waals surface area contributed by atoms with Gasteiger partial charge in [0.05, 0.1) is 6.10 Å². The zero-order valence-electron chi connectivity index (χ0n) is 15.1. The number of aryl methyl sites for hydroxylation is 1. The highest BCUT2D eigenvalue weighted by Crippen LogP contribution is 2.32. The van der Waals surface area contributed by atoms with Crippen molar-refractivity contribution >= 4 is 10.8 Å². The maximum absolute atomic E-state index is 10.3. The number of hydrogen-bond donors (Lipinski definition) is 4. The van der Waals surface area contributed by atoms with Crippen molar-refractivity contribution in [2.45, 2.75) is 32.4 Å². The van der Waals surface area contributed by atoms with Crippen LogP contribution in [0.1, 0.15) is 29.7 Å². The van der Waals surface area contributed by atoms with Crippen molar-refractivity contribution < 1.29 is 15.3 Å². The van der Waals surface area contributed by atoms with Gasteiger partial charge in [-0.15, -0.1) is 0 Å². The highest BCUT2D eigenvalue weighted by molar-refractivity contribution is 5.88. The molecular weight excluding hydrogens is 326 g/mol. The van der Waals surface area contributed by atoms with Crippen LogP contribution < -0.4 is 5.32 Å². The van der Waals surface area contributed by atoms with Crippen molar-refractivity contribution in [1.29, 1.82) is 0 Å². The Bertz CT molecular complexity index is 907. The van der Waals surface area contributed by atoms with Gasteiger partial charge >= 0.3 is 0 Å². The second-order valence-electron chi connectivity index (χ2n) is 6.83. The number of phenolic OH excluding ortho intramolecular Hbond substituents is 2. The second-order valence-corrected chi connectivity index (χ2v) is 6.83. The second kappa shape index (κ2) is 7.77. The molecule has 0 bridgehead atoms. The van der Waals surface area contributed by atoms with Crippen molar-refractivity contribution in [3.8, 4) is 11.5 Å². The zero-order valence-corrected chi connectivity index (χ0v) is 15.1. The third kappa shape index (κ3) is 3.82. The Labute approximate surface area is 153 Å². The first-order valence-electron chi connectivity index (χ1n) is 8.87. The van der Waals surface area contributed by atoms with Gasteiger partial charge in [-0.25, -0.2) is 0 Å². The van der Waals surface area contributed by atoms with E-state index in [0.29, 0.717) is 12.1 Å². The van der Waals surface area contributed by atoms with Crippen LogP contribution in [0, 0.1) is 6.92 Å². The number of aromatic hydroxyl groups is 2. The fourth-order valence-electron chi connectivity index (χ4n) is 3.33. The normalized spacial score (nSPS) is 13.7. The molecule has 3 rings (SSSR count). The lowest BCUT2D eigenvalue weighted by molar-refractivity contribution is 0.166. The number of phenols is 2. The number of fused-ring (bicyclic) bond motifs is 1. The van der Waals surface area contributed by atoms with E-state index in [-0.39, 0.29) is 17.5 Å². The third-order valence-electron chi connectivity index (χ3n) is 4.82. The predicted molar refractivity (Wildman–Crippen MR) is 105 cm³/mol. The number of rotatable bonds is 6. The van der Waals surface area contributed by atoms with Crippen molar-refractivity contribution in [1.82, 2.24) is 5.32 Å². The Morgan fingerprint density at radius 2 is 1.65 bits per heavy atom. The first-order chi connectivity index (χ1) is 12.5. The lowest BCUT2D eigenvalue weighted by atomic mass is 9.96. The van der Waals surface area contributed by atoms with E-state index >= 15 is 0 Å². The van der Waals surface area contributed by atoms with E-state index in [2.05, 4.69) is 55.6 Å². The largest absolute Gasteiger partial charge is 0.504 e. The topological polar surface area (TPSA) is 72.7 Å². The van der Waals surface area contributed by atoms with Gasteiger partial charge in [0.2, 0.25) is 0 Å². The Morgan fingerprint density at radius 1 is 0.923 bits per heavy atom. The fourth-order valence-corrected chi connectivity index (χ4v) is 3.33. The molecular formula is C22H25NO3. The van der Waals surface area contributed by atoms with Gasteiger partial charge < -0.3 is 20.6 Å². The smallest absolute Gasteiger partial charge is 0.163 e. The molecule has 0 aliphatic rings. The molecule has 2 atom stereocenters. The molecule has 0 aliphatic heterocycles. The molecule has 0 saturated heterocycles. The standard InChI is InChI=1S/C22H25NO3/c1-14-10-11-16(18-7-4-3-6-17(14)18)12-15(2)23-13-21(25)19-8-5-9-20(24)22(19)26/h3-11,15,21,23-26H,12-13H2,1-2H3. The van der Waals surface area contributed by atoms with Crippen molar-refractivity contribution in [2.75, 3.05) is 6.54 Å². The van der Waals surface area contributed by atoms with Crippen LogP contribution in [0.15, 0.2) is 54.6 Å². The summed E-state index contributed by atoms with van der Waals surface area (Å²) in [4.78, 5) is 0. The zero-order chi connectivity index (χ0) is 18.7. The highest BCUT2D eigenvalue weighted by Gasteiger charge is 2.16. The summed E-state index contributed by atoms with van der Waals surface area (Å²) < 4.78 is 0. The number of aliphatic hydroxyl groups is 1. The number of nitrogens with one attached hydrogen (secondary N) is 1. The first kappa shape index (κ1) is 18.2. The lowest BCUT2D eigenvalue weighted by Gasteiger charge is -2.19. The van der Waals surface area contributed by atoms with Crippen LogP contribution in [-0.4, -0.2) is 27.9 Å². The average molecular weight is 351 g/mol. The molecule has 136 valence electrons. The van der Waals surface area contributed by atoms with Crippen molar-refractivity contribution in [2.24, 2.45) is 0 Å². The number of benzene rings is 3. The molecule has 3 aromatic rings. The third-order valence-corrected chi connectivity index (χ3v) is 4.82. The molecule has 0 heterocycles. The van der Waals surface area contributed by atoms with Crippen LogP contribution in [-0.2, 0) is 6.42 Å². The summed E-state index contributed by atoms with van der Waals surface area (Å²) in [5.41, 5.74) is 2.85. The maximum atomic E-state index is 10.3. The summed E-state index contributed by atoms with van der Waals surface area (Å²) in [6, 6.07) is 17.5. The monoisotopic (exact) mass is 351 g/mol. The van der Waals surface area contributed by atoms with Gasteiger partial charge in [0.1, 0.15) is 0 Å². The minimum atomic E-state index is -0.890. The molecule has 0 aromatic heterocycles. The Hall–Kier alpha value is -2.56. The predicted octanol–water partition coefficient (Wildman–Crippen LogP) is 3.81. The van der Waals surface area contributed by atoms with Crippen LogP contribution in [0.3, 0.4) is 0 Å². The highest BCUT2D eigenvalue weighted by atomic mass is 16.3. The van der Waals surface area contributed by atoms with Gasteiger partial charge in [-0.05, 0) is 48.2 Å². The van der Waals surface area contributed by atoms with E-state index < -0.39 is 6.10 Å². The molecule has 4 heteroatoms. The summed E-state index contributed by atoms with van der Waals surface area (Å²) in [5, 5.41) is 35.6. The molecule has 0 saturated carbocycles. The summed E-state index contributed by atoms with van der Waals surface area (Å²) in [7, 11) is 0. The van der Waals surface area contributed by atoms with Crippen LogP contribution in [0.4, 0.5) is 0 Å². The van der Waals surface area contributed by atoms with Crippen LogP contribution in [0.5, 0.6) is 11.5 Å². The maximum Gasteiger partial charge on any atom is 0.163 e. The Morgan fingerprint density at radius 3 is 2.42 bits per heavy atom. The van der Waals surface area contributed by atoms with Gasteiger partial charge in [0.15, 0.2) is 11.5 Å². The molecule has 0 aliphatic carbocycles. The molecule has 4 nitrogen and oxygen atoms in total. The number of aliphatic hydroxyl groups excluding tert-OH is 1. The van der Waals surface area contributed by atoms with E-state index in [1.165, 1.54) is 28.0 Å². The number of hydrogen-bond acceptors (Lipinski definition) is 4. The van der Waals surface area contributed by atoms with Crippen LogP contribution >= 0.6 is 0 Å². The van der Waals surface area contributed by atoms with Crippen molar-refractivity contribution in [3.63, 3.8) is 0 Å². The minimum Gasteiger partial charge on any atom is -0.504 e. The molecule has 26 heavy (non-hydrogen) atoms.